The molecule has 6 aromatic carbocycles. The maximum Gasteiger partial charge on any atom is 0.297 e. The van der Waals surface area contributed by atoms with Gasteiger partial charge in [0.2, 0.25) is 0 Å². The Morgan fingerprint density at radius 2 is 0.901 bits per heavy atom. The van der Waals surface area contributed by atoms with Gasteiger partial charge in [-0.3, -0.25) is 0 Å². The summed E-state index contributed by atoms with van der Waals surface area (Å²) >= 11 is 0. The third kappa shape index (κ3) is 7.57. The number of hydrogen-bond acceptors (Lipinski definition) is 3. The van der Waals surface area contributed by atoms with E-state index in [1.165, 1.54) is 100 Å². The Bertz CT molecular complexity index is 3280. The first-order valence-electron chi connectivity index (χ1n) is 26.9. The molecule has 3 heterocycles. The second-order valence-corrected chi connectivity index (χ2v) is 28.2. The molecular formula is C67H79BN2O. The first kappa shape index (κ1) is 47.8. The molecule has 7 aromatic rings. The summed E-state index contributed by atoms with van der Waals surface area (Å²) in [5.41, 5.74) is 25.7. The minimum absolute atomic E-state index is 0.0229. The molecule has 2 aliphatic carbocycles. The largest absolute Gasteiger partial charge is 0.468 e. The van der Waals surface area contributed by atoms with Crippen LogP contribution in [0.25, 0.3) is 22.1 Å². The molecule has 0 amide bonds. The van der Waals surface area contributed by atoms with Crippen LogP contribution in [0.4, 0.5) is 34.1 Å². The Hall–Kier alpha value is -5.48. The molecule has 4 heteroatoms. The van der Waals surface area contributed by atoms with Gasteiger partial charge in [-0.15, -0.1) is 0 Å². The number of fused-ring (bicyclic) bond motifs is 8. The van der Waals surface area contributed by atoms with Crippen molar-refractivity contribution in [3.63, 3.8) is 0 Å². The van der Waals surface area contributed by atoms with Crippen LogP contribution >= 0.6 is 0 Å². The molecule has 0 saturated carbocycles. The number of hydrogen-bond donors (Lipinski definition) is 0. The molecule has 0 N–H and O–H groups in total. The van der Waals surface area contributed by atoms with Crippen LogP contribution in [-0.2, 0) is 37.9 Å². The van der Waals surface area contributed by atoms with Gasteiger partial charge >= 0.3 is 0 Å². The van der Waals surface area contributed by atoms with E-state index in [1.807, 2.05) is 0 Å². The van der Waals surface area contributed by atoms with Crippen LogP contribution in [0.3, 0.4) is 0 Å². The molecule has 3 nitrogen and oxygen atoms in total. The molecule has 11 rings (SSSR count). The summed E-state index contributed by atoms with van der Waals surface area (Å²) in [5.74, 6) is 0. The van der Waals surface area contributed by atoms with E-state index >= 15 is 0 Å². The highest BCUT2D eigenvalue weighted by Crippen LogP contribution is 2.54. The van der Waals surface area contributed by atoms with E-state index in [2.05, 4.69) is 238 Å². The van der Waals surface area contributed by atoms with Gasteiger partial charge in [-0.1, -0.05) is 166 Å². The molecule has 0 bridgehead atoms. The lowest BCUT2D eigenvalue weighted by Gasteiger charge is -2.47. The van der Waals surface area contributed by atoms with Crippen molar-refractivity contribution in [1.82, 2.24) is 0 Å². The van der Waals surface area contributed by atoms with Gasteiger partial charge in [0.1, 0.15) is 5.58 Å². The number of benzene rings is 6. The molecule has 0 radical (unpaired) electrons. The van der Waals surface area contributed by atoms with Crippen molar-refractivity contribution in [3.05, 3.63) is 148 Å². The third-order valence-electron chi connectivity index (χ3n) is 17.9. The Morgan fingerprint density at radius 1 is 0.451 bits per heavy atom. The summed E-state index contributed by atoms with van der Waals surface area (Å²) in [5, 5.41) is 1.20. The smallest absolute Gasteiger partial charge is 0.297 e. The van der Waals surface area contributed by atoms with Crippen molar-refractivity contribution in [2.45, 2.75) is 188 Å². The number of nitrogens with zero attached hydrogens (tertiary/aromatic N) is 2. The molecule has 0 fully saturated rings. The lowest BCUT2D eigenvalue weighted by Crippen LogP contribution is -2.61. The van der Waals surface area contributed by atoms with Crippen molar-refractivity contribution in [2.24, 2.45) is 0 Å². The summed E-state index contributed by atoms with van der Waals surface area (Å²) in [6.45, 7) is 42.9. The maximum atomic E-state index is 7.68. The fourth-order valence-corrected chi connectivity index (χ4v) is 12.9. The van der Waals surface area contributed by atoms with Gasteiger partial charge in [0.15, 0.2) is 0 Å². The average Bonchev–Trinajstić information content (AvgIpc) is 3.66. The molecule has 1 aromatic heterocycles. The zero-order valence-electron chi connectivity index (χ0n) is 46.5. The van der Waals surface area contributed by atoms with E-state index in [9.17, 15) is 0 Å². The minimum Gasteiger partial charge on any atom is -0.468 e. The van der Waals surface area contributed by atoms with Crippen LogP contribution in [0.1, 0.15) is 188 Å². The van der Waals surface area contributed by atoms with E-state index in [0.29, 0.717) is 0 Å². The summed E-state index contributed by atoms with van der Waals surface area (Å²) < 4.78 is 7.68. The van der Waals surface area contributed by atoms with Crippen LogP contribution in [0.5, 0.6) is 0 Å². The van der Waals surface area contributed by atoms with Crippen molar-refractivity contribution in [2.75, 3.05) is 9.80 Å². The fourth-order valence-electron chi connectivity index (χ4n) is 12.9. The summed E-state index contributed by atoms with van der Waals surface area (Å²) in [4.78, 5) is 5.25. The van der Waals surface area contributed by atoms with Crippen molar-refractivity contribution >= 4 is 68.4 Å². The molecule has 4 aliphatic rings. The lowest BCUT2D eigenvalue weighted by molar-refractivity contribution is 0.332. The SMILES string of the molecule is Cc1cc2c3c(c1)N(c1ccc(-c4ccc(C(C)(C)C)cc4)cc1)c1c(oc4cc5c(cc14)C(C)(C)CCC5(C)C)B3c1cc3c(cc1N2c1cc(C(C)(C)C)cc(C(C)(C)C)c1)C(C)(C)CCC3(C)C. The van der Waals surface area contributed by atoms with Crippen LogP contribution in [0, 0.1) is 6.92 Å². The number of aryl methyl sites for hydroxylation is 1. The molecule has 2 aliphatic heterocycles. The quantitative estimate of drug-likeness (QED) is 0.165. The molecule has 0 spiro atoms. The third-order valence-corrected chi connectivity index (χ3v) is 17.9. The molecule has 366 valence electrons. The fraction of sp³-hybridized carbons (Fsp3) is 0.433. The Balaban J connectivity index is 1.24. The van der Waals surface area contributed by atoms with Gasteiger partial charge in [0.25, 0.3) is 6.71 Å². The summed E-state index contributed by atoms with van der Waals surface area (Å²) in [6.07, 6.45) is 4.62. The Labute approximate surface area is 427 Å². The van der Waals surface area contributed by atoms with Gasteiger partial charge < -0.3 is 14.2 Å². The van der Waals surface area contributed by atoms with E-state index in [4.69, 9.17) is 4.42 Å². The van der Waals surface area contributed by atoms with Crippen LogP contribution in [-0.4, -0.2) is 6.71 Å². The van der Waals surface area contributed by atoms with Gasteiger partial charge in [-0.2, -0.15) is 0 Å². The zero-order valence-corrected chi connectivity index (χ0v) is 46.5. The van der Waals surface area contributed by atoms with Crippen molar-refractivity contribution in [3.8, 4) is 11.1 Å². The second kappa shape index (κ2) is 15.3. The molecular weight excluding hydrogens is 860 g/mol. The van der Waals surface area contributed by atoms with Crippen molar-refractivity contribution < 1.29 is 4.42 Å². The second-order valence-electron chi connectivity index (χ2n) is 28.2. The lowest BCUT2D eigenvalue weighted by atomic mass is 9.35. The monoisotopic (exact) mass is 939 g/mol. The molecule has 0 atom stereocenters. The summed E-state index contributed by atoms with van der Waals surface area (Å²) in [6, 6.07) is 41.2. The highest BCUT2D eigenvalue weighted by molar-refractivity contribution is 7.00. The Kier molecular flexibility index (Phi) is 10.3. The van der Waals surface area contributed by atoms with Gasteiger partial charge in [-0.25, -0.2) is 0 Å². The van der Waals surface area contributed by atoms with E-state index < -0.39 is 0 Å². The summed E-state index contributed by atoms with van der Waals surface area (Å²) in [7, 11) is 0. The highest BCUT2D eigenvalue weighted by atomic mass is 16.3. The highest BCUT2D eigenvalue weighted by Gasteiger charge is 2.50. The standard InChI is InChI=1S/C67H79BN2O/c1-40-31-55-58-56(32-40)70(46-25-21-42(22-26-46)41-19-23-43(24-20-41)61(2,3)4)59-48-36-49-52(67(17,18)30-27-64(49,11)12)39-57(48)71-60(59)68(58)53-37-50-51(66(15,16)29-28-65(50,13)14)38-54(53)69(55)47-34-44(62(5,6)7)33-45(35-47)63(8,9)10/h19-26,31-39H,27-30H2,1-18H3. The van der Waals surface area contributed by atoms with Crippen LogP contribution < -0.4 is 26.4 Å². The number of anilines is 6. The normalized spacial score (nSPS) is 18.4. The first-order valence-corrected chi connectivity index (χ1v) is 26.9. The van der Waals surface area contributed by atoms with Crippen LogP contribution in [0.15, 0.2) is 108 Å². The van der Waals surface area contributed by atoms with Crippen molar-refractivity contribution in [1.29, 1.82) is 0 Å². The predicted molar refractivity (Wildman–Crippen MR) is 307 cm³/mol. The molecule has 0 saturated heterocycles. The zero-order chi connectivity index (χ0) is 50.9. The van der Waals surface area contributed by atoms with Gasteiger partial charge in [0.05, 0.1) is 11.3 Å². The van der Waals surface area contributed by atoms with E-state index in [-0.39, 0.29) is 44.6 Å². The maximum absolute atomic E-state index is 7.68. The van der Waals surface area contributed by atoms with E-state index in [0.717, 1.165) is 42.6 Å². The van der Waals surface area contributed by atoms with Crippen LogP contribution in [0.2, 0.25) is 0 Å². The first-order chi connectivity index (χ1) is 32.9. The Morgan fingerprint density at radius 3 is 1.41 bits per heavy atom. The average molecular weight is 939 g/mol. The molecule has 0 unspecified atom stereocenters. The topological polar surface area (TPSA) is 19.6 Å². The number of furan rings is 1. The van der Waals surface area contributed by atoms with Gasteiger partial charge in [0, 0.05) is 33.8 Å². The molecule has 71 heavy (non-hydrogen) atoms. The minimum atomic E-state index is -0.122. The van der Waals surface area contributed by atoms with Gasteiger partial charge in [-0.05, 0) is 192 Å². The predicted octanol–water partition coefficient (Wildman–Crippen LogP) is 17.1. The van der Waals surface area contributed by atoms with E-state index in [1.54, 1.807) is 0 Å². The number of rotatable bonds is 3.